The van der Waals surface area contributed by atoms with Crippen LogP contribution in [0.15, 0.2) is 24.3 Å². The Labute approximate surface area is 118 Å². The van der Waals surface area contributed by atoms with Crippen molar-refractivity contribution in [2.75, 3.05) is 27.2 Å². The van der Waals surface area contributed by atoms with Gasteiger partial charge in [-0.15, -0.1) is 0 Å². The van der Waals surface area contributed by atoms with Crippen LogP contribution in [0, 0.1) is 5.92 Å². The normalized spacial score (nSPS) is 18.2. The molecule has 1 N–H and O–H groups in total. The molecule has 0 aromatic heterocycles. The molecule has 1 aliphatic heterocycles. The van der Waals surface area contributed by atoms with Gasteiger partial charge in [0.25, 0.3) is 0 Å². The van der Waals surface area contributed by atoms with E-state index in [0.29, 0.717) is 25.9 Å². The van der Waals surface area contributed by atoms with Crippen molar-refractivity contribution in [3.05, 3.63) is 29.8 Å². The summed E-state index contributed by atoms with van der Waals surface area (Å²) in [7, 11) is 3.38. The van der Waals surface area contributed by atoms with Gasteiger partial charge in [0.15, 0.2) is 0 Å². The van der Waals surface area contributed by atoms with Crippen molar-refractivity contribution in [3.8, 4) is 5.75 Å². The van der Waals surface area contributed by atoms with E-state index in [1.165, 1.54) is 0 Å². The largest absolute Gasteiger partial charge is 0.496 e. The standard InChI is InChI=1S/C15H20N2O3/c1-17-10-11(7-15(17)19)9-16-14(18)8-12-5-3-4-6-13(12)20-2/h3-6,11H,7-10H2,1-2H3,(H,16,18). The van der Waals surface area contributed by atoms with Gasteiger partial charge in [-0.3, -0.25) is 9.59 Å². The lowest BCUT2D eigenvalue weighted by molar-refractivity contribution is -0.126. The number of methoxy groups -OCH3 is 1. The molecule has 5 heteroatoms. The maximum absolute atomic E-state index is 11.9. The van der Waals surface area contributed by atoms with Crippen molar-refractivity contribution in [1.29, 1.82) is 0 Å². The van der Waals surface area contributed by atoms with Crippen molar-refractivity contribution < 1.29 is 14.3 Å². The third-order valence-electron chi connectivity index (χ3n) is 3.55. The van der Waals surface area contributed by atoms with E-state index >= 15 is 0 Å². The average Bonchev–Trinajstić information content (AvgIpc) is 2.76. The molecule has 1 aromatic carbocycles. The average molecular weight is 276 g/mol. The Kier molecular flexibility index (Phi) is 4.61. The highest BCUT2D eigenvalue weighted by Crippen LogP contribution is 2.18. The van der Waals surface area contributed by atoms with Crippen LogP contribution >= 0.6 is 0 Å². The minimum atomic E-state index is -0.0449. The lowest BCUT2D eigenvalue weighted by Crippen LogP contribution is -2.31. The molecule has 0 spiro atoms. The van der Waals surface area contributed by atoms with Gasteiger partial charge in [-0.1, -0.05) is 18.2 Å². The first-order chi connectivity index (χ1) is 9.60. The van der Waals surface area contributed by atoms with Crippen molar-refractivity contribution in [1.82, 2.24) is 10.2 Å². The lowest BCUT2D eigenvalue weighted by Gasteiger charge is -2.12. The van der Waals surface area contributed by atoms with Gasteiger partial charge in [0.2, 0.25) is 11.8 Å². The quantitative estimate of drug-likeness (QED) is 0.866. The minimum absolute atomic E-state index is 0.0449. The second-order valence-electron chi connectivity index (χ2n) is 5.14. The molecule has 1 fully saturated rings. The summed E-state index contributed by atoms with van der Waals surface area (Å²) in [6, 6.07) is 7.48. The molecule has 0 aliphatic carbocycles. The van der Waals surface area contributed by atoms with Gasteiger partial charge in [0, 0.05) is 38.0 Å². The maximum atomic E-state index is 11.9. The van der Waals surface area contributed by atoms with E-state index in [0.717, 1.165) is 11.3 Å². The smallest absolute Gasteiger partial charge is 0.224 e. The number of para-hydroxylation sites is 1. The number of nitrogens with zero attached hydrogens (tertiary/aromatic N) is 1. The predicted molar refractivity (Wildman–Crippen MR) is 75.5 cm³/mol. The Morgan fingerprint density at radius 1 is 1.45 bits per heavy atom. The van der Waals surface area contributed by atoms with Crippen molar-refractivity contribution in [2.24, 2.45) is 5.92 Å². The fraction of sp³-hybridized carbons (Fsp3) is 0.467. The summed E-state index contributed by atoms with van der Waals surface area (Å²) in [6.07, 6.45) is 0.811. The second-order valence-corrected chi connectivity index (χ2v) is 5.14. The maximum Gasteiger partial charge on any atom is 0.224 e. The molecular formula is C15H20N2O3. The van der Waals surface area contributed by atoms with Gasteiger partial charge in [-0.2, -0.15) is 0 Å². The molecule has 1 aromatic rings. The number of rotatable bonds is 5. The van der Waals surface area contributed by atoms with Gasteiger partial charge < -0.3 is 15.0 Å². The van der Waals surface area contributed by atoms with Gasteiger partial charge >= 0.3 is 0 Å². The molecule has 108 valence electrons. The summed E-state index contributed by atoms with van der Waals surface area (Å²) >= 11 is 0. The topological polar surface area (TPSA) is 58.6 Å². The van der Waals surface area contributed by atoms with Crippen LogP contribution in [0.2, 0.25) is 0 Å². The van der Waals surface area contributed by atoms with Crippen LogP contribution in [-0.4, -0.2) is 44.0 Å². The second kappa shape index (κ2) is 6.41. The molecule has 1 heterocycles. The van der Waals surface area contributed by atoms with E-state index in [-0.39, 0.29) is 17.7 Å². The molecule has 0 radical (unpaired) electrons. The number of ether oxygens (including phenoxy) is 1. The summed E-state index contributed by atoms with van der Waals surface area (Å²) in [5.74, 6) is 1.04. The number of nitrogens with one attached hydrogen (secondary N) is 1. The van der Waals surface area contributed by atoms with E-state index in [9.17, 15) is 9.59 Å². The molecule has 1 unspecified atom stereocenters. The van der Waals surface area contributed by atoms with Crippen LogP contribution in [0.4, 0.5) is 0 Å². The molecule has 20 heavy (non-hydrogen) atoms. The number of benzene rings is 1. The Morgan fingerprint density at radius 3 is 2.85 bits per heavy atom. The predicted octanol–water partition coefficient (Wildman–Crippen LogP) is 0.832. The van der Waals surface area contributed by atoms with E-state index < -0.39 is 0 Å². The Hall–Kier alpha value is -2.04. The minimum Gasteiger partial charge on any atom is -0.496 e. The molecular weight excluding hydrogens is 256 g/mol. The molecule has 0 bridgehead atoms. The highest BCUT2D eigenvalue weighted by Gasteiger charge is 2.26. The summed E-state index contributed by atoms with van der Waals surface area (Å²) in [6.45, 7) is 1.26. The fourth-order valence-corrected chi connectivity index (χ4v) is 2.44. The van der Waals surface area contributed by atoms with Crippen LogP contribution in [0.1, 0.15) is 12.0 Å². The summed E-state index contributed by atoms with van der Waals surface area (Å²) in [4.78, 5) is 25.0. The van der Waals surface area contributed by atoms with Crippen molar-refractivity contribution in [3.63, 3.8) is 0 Å². The van der Waals surface area contributed by atoms with Crippen LogP contribution < -0.4 is 10.1 Å². The van der Waals surface area contributed by atoms with Gasteiger partial charge in [0.05, 0.1) is 13.5 Å². The highest BCUT2D eigenvalue weighted by atomic mass is 16.5. The first-order valence-corrected chi connectivity index (χ1v) is 6.72. The number of amides is 2. The van der Waals surface area contributed by atoms with E-state index in [1.54, 1.807) is 19.1 Å². The molecule has 1 aliphatic rings. The van der Waals surface area contributed by atoms with Crippen molar-refractivity contribution >= 4 is 11.8 Å². The molecule has 2 rings (SSSR count). The van der Waals surface area contributed by atoms with Crippen molar-refractivity contribution in [2.45, 2.75) is 12.8 Å². The Morgan fingerprint density at radius 2 is 2.20 bits per heavy atom. The highest BCUT2D eigenvalue weighted by molar-refractivity contribution is 5.80. The summed E-state index contributed by atoms with van der Waals surface area (Å²) in [5, 5.41) is 2.89. The lowest BCUT2D eigenvalue weighted by atomic mass is 10.1. The number of hydrogen-bond acceptors (Lipinski definition) is 3. The van der Waals surface area contributed by atoms with Crippen LogP contribution in [-0.2, 0) is 16.0 Å². The number of carbonyl (C=O) groups excluding carboxylic acids is 2. The number of carbonyl (C=O) groups is 2. The molecule has 0 saturated carbocycles. The molecule has 5 nitrogen and oxygen atoms in total. The van der Waals surface area contributed by atoms with Crippen LogP contribution in [0.25, 0.3) is 0 Å². The molecule has 1 atom stereocenters. The zero-order valence-corrected chi connectivity index (χ0v) is 11.9. The number of hydrogen-bond donors (Lipinski definition) is 1. The molecule has 2 amide bonds. The SMILES string of the molecule is COc1ccccc1CC(=O)NCC1CC(=O)N(C)C1. The third-order valence-corrected chi connectivity index (χ3v) is 3.55. The van der Waals surface area contributed by atoms with Gasteiger partial charge in [0.1, 0.15) is 5.75 Å². The summed E-state index contributed by atoms with van der Waals surface area (Å²) in [5.41, 5.74) is 0.868. The first kappa shape index (κ1) is 14.4. The molecule has 1 saturated heterocycles. The Bertz CT molecular complexity index is 502. The van der Waals surface area contributed by atoms with E-state index in [4.69, 9.17) is 4.74 Å². The Balaban J connectivity index is 1.82. The number of likely N-dealkylation sites (tertiary alicyclic amines) is 1. The fourth-order valence-electron chi connectivity index (χ4n) is 2.44. The van der Waals surface area contributed by atoms with Gasteiger partial charge in [-0.25, -0.2) is 0 Å². The monoisotopic (exact) mass is 276 g/mol. The van der Waals surface area contributed by atoms with Crippen LogP contribution in [0.3, 0.4) is 0 Å². The third kappa shape index (κ3) is 3.50. The van der Waals surface area contributed by atoms with E-state index in [2.05, 4.69) is 5.32 Å². The van der Waals surface area contributed by atoms with E-state index in [1.807, 2.05) is 24.3 Å². The first-order valence-electron chi connectivity index (χ1n) is 6.72. The van der Waals surface area contributed by atoms with Gasteiger partial charge in [-0.05, 0) is 6.07 Å². The van der Waals surface area contributed by atoms with Crippen LogP contribution in [0.5, 0.6) is 5.75 Å². The summed E-state index contributed by atoms with van der Waals surface area (Å²) < 4.78 is 5.22. The zero-order valence-electron chi connectivity index (χ0n) is 11.9. The zero-order chi connectivity index (χ0) is 14.5.